The first-order valence-electron chi connectivity index (χ1n) is 10.1. The van der Waals surface area contributed by atoms with Crippen molar-refractivity contribution in [2.45, 2.75) is 0 Å². The number of carboxylic acids is 1. The van der Waals surface area contributed by atoms with E-state index in [1.54, 1.807) is 43.5 Å². The van der Waals surface area contributed by atoms with Crippen molar-refractivity contribution in [2.75, 3.05) is 46.8 Å². The van der Waals surface area contributed by atoms with Gasteiger partial charge in [0.15, 0.2) is 5.69 Å². The Labute approximate surface area is 191 Å². The molecule has 0 aliphatic rings. The van der Waals surface area contributed by atoms with Crippen molar-refractivity contribution < 1.29 is 28.8 Å². The molecule has 1 heterocycles. The van der Waals surface area contributed by atoms with Gasteiger partial charge in [-0.3, -0.25) is 0 Å². The Morgan fingerprint density at radius 2 is 1.50 bits per heavy atom. The van der Waals surface area contributed by atoms with Crippen LogP contribution >= 0.6 is 11.6 Å². The van der Waals surface area contributed by atoms with E-state index < -0.39 is 5.97 Å². The molecule has 0 aliphatic heterocycles. The summed E-state index contributed by atoms with van der Waals surface area (Å²) < 4.78 is 21.3. The van der Waals surface area contributed by atoms with Crippen molar-refractivity contribution in [3.63, 3.8) is 0 Å². The molecular formula is C23H25ClN2O6. The van der Waals surface area contributed by atoms with Gasteiger partial charge in [-0.25, -0.2) is 9.78 Å². The maximum atomic E-state index is 11.7. The van der Waals surface area contributed by atoms with Crippen LogP contribution in [0.5, 0.6) is 5.75 Å². The van der Waals surface area contributed by atoms with Crippen LogP contribution in [0.25, 0.3) is 22.6 Å². The zero-order valence-electron chi connectivity index (χ0n) is 17.7. The fourth-order valence-electron chi connectivity index (χ4n) is 2.87. The molecule has 1 aromatic heterocycles. The number of nitrogens with zero attached hydrogens (tertiary/aromatic N) is 1. The minimum absolute atomic E-state index is 0.0194. The molecule has 0 aliphatic carbocycles. The van der Waals surface area contributed by atoms with Crippen LogP contribution in [-0.2, 0) is 14.2 Å². The summed E-state index contributed by atoms with van der Waals surface area (Å²) >= 11 is 5.93. The van der Waals surface area contributed by atoms with Gasteiger partial charge in [-0.05, 0) is 36.4 Å². The number of hydrogen-bond acceptors (Lipinski definition) is 6. The summed E-state index contributed by atoms with van der Waals surface area (Å²) in [5, 5.41) is 10.1. The molecule has 170 valence electrons. The second kappa shape index (κ2) is 12.2. The summed E-state index contributed by atoms with van der Waals surface area (Å²) in [6.45, 7) is 2.97. The first kappa shape index (κ1) is 23.7. The van der Waals surface area contributed by atoms with Crippen molar-refractivity contribution in [2.24, 2.45) is 0 Å². The number of ether oxygens (including phenoxy) is 4. The molecule has 0 fully saturated rings. The third-order valence-electron chi connectivity index (χ3n) is 4.46. The molecule has 3 aromatic rings. The molecule has 0 saturated carbocycles. The number of imidazole rings is 1. The maximum absolute atomic E-state index is 11.7. The van der Waals surface area contributed by atoms with Gasteiger partial charge in [0.2, 0.25) is 0 Å². The van der Waals surface area contributed by atoms with E-state index in [1.807, 2.05) is 12.1 Å². The molecule has 32 heavy (non-hydrogen) atoms. The van der Waals surface area contributed by atoms with Crippen LogP contribution in [0.2, 0.25) is 5.02 Å². The molecule has 0 atom stereocenters. The summed E-state index contributed by atoms with van der Waals surface area (Å²) in [5.74, 6) is 0.0464. The van der Waals surface area contributed by atoms with E-state index in [2.05, 4.69) is 9.97 Å². The van der Waals surface area contributed by atoms with Crippen molar-refractivity contribution in [3.05, 3.63) is 59.2 Å². The highest BCUT2D eigenvalue weighted by molar-refractivity contribution is 6.30. The predicted octanol–water partition coefficient (Wildman–Crippen LogP) is 4.15. The van der Waals surface area contributed by atoms with E-state index >= 15 is 0 Å². The third-order valence-corrected chi connectivity index (χ3v) is 4.72. The van der Waals surface area contributed by atoms with Gasteiger partial charge in [-0.15, -0.1) is 0 Å². The van der Waals surface area contributed by atoms with Crippen molar-refractivity contribution in [1.29, 1.82) is 0 Å². The predicted molar refractivity (Wildman–Crippen MR) is 120 cm³/mol. The lowest BCUT2D eigenvalue weighted by Crippen LogP contribution is -2.12. The first-order valence-corrected chi connectivity index (χ1v) is 10.4. The van der Waals surface area contributed by atoms with E-state index in [0.717, 1.165) is 5.56 Å². The molecule has 0 unspecified atom stereocenters. The standard InChI is InChI=1S/C23H25ClN2O6/c1-29-10-11-30-12-13-31-14-15-32-19-8-4-17(5-9-19)22-25-20(21(26-22)23(27)28)16-2-6-18(24)7-3-16/h2-9H,10-15H2,1H3,(H,25,26)(H,27,28). The molecule has 2 N–H and O–H groups in total. The Bertz CT molecular complexity index is 989. The van der Waals surface area contributed by atoms with Crippen LogP contribution < -0.4 is 4.74 Å². The SMILES string of the molecule is COCCOCCOCCOc1ccc(-c2nc(-c3ccc(Cl)cc3)c(C(=O)O)[nH]2)cc1. The highest BCUT2D eigenvalue weighted by atomic mass is 35.5. The summed E-state index contributed by atoms with van der Waals surface area (Å²) in [4.78, 5) is 19.1. The lowest BCUT2D eigenvalue weighted by atomic mass is 10.1. The zero-order chi connectivity index (χ0) is 22.8. The Morgan fingerprint density at radius 1 is 0.906 bits per heavy atom. The van der Waals surface area contributed by atoms with E-state index in [-0.39, 0.29) is 5.69 Å². The lowest BCUT2D eigenvalue weighted by Gasteiger charge is -2.08. The van der Waals surface area contributed by atoms with E-state index in [9.17, 15) is 9.90 Å². The Balaban J connectivity index is 1.55. The lowest BCUT2D eigenvalue weighted by molar-refractivity contribution is 0.0180. The van der Waals surface area contributed by atoms with Gasteiger partial charge in [0.25, 0.3) is 0 Å². The average molecular weight is 461 g/mol. The minimum Gasteiger partial charge on any atom is -0.491 e. The maximum Gasteiger partial charge on any atom is 0.354 e. The zero-order valence-corrected chi connectivity index (χ0v) is 18.4. The summed E-state index contributed by atoms with van der Waals surface area (Å²) in [5.41, 5.74) is 1.78. The summed E-state index contributed by atoms with van der Waals surface area (Å²) in [6.07, 6.45) is 0. The Kier molecular flexibility index (Phi) is 9.06. The summed E-state index contributed by atoms with van der Waals surface area (Å²) in [6, 6.07) is 14.1. The Hall–Kier alpha value is -2.91. The quantitative estimate of drug-likeness (QED) is 0.369. The molecular weight excluding hydrogens is 436 g/mol. The number of carbonyl (C=O) groups is 1. The Morgan fingerprint density at radius 3 is 2.12 bits per heavy atom. The number of hydrogen-bond donors (Lipinski definition) is 2. The van der Waals surface area contributed by atoms with E-state index in [1.165, 1.54) is 0 Å². The molecule has 3 rings (SSSR count). The topological polar surface area (TPSA) is 103 Å². The largest absolute Gasteiger partial charge is 0.491 e. The third kappa shape index (κ3) is 6.80. The number of aromatic carboxylic acids is 1. The molecule has 0 spiro atoms. The van der Waals surface area contributed by atoms with Gasteiger partial charge < -0.3 is 29.0 Å². The fraction of sp³-hybridized carbons (Fsp3) is 0.304. The number of carboxylic acid groups (broad SMARTS) is 1. The molecule has 8 nitrogen and oxygen atoms in total. The monoisotopic (exact) mass is 460 g/mol. The van der Waals surface area contributed by atoms with Crippen LogP contribution in [0.15, 0.2) is 48.5 Å². The van der Waals surface area contributed by atoms with Crippen molar-refractivity contribution in [3.8, 4) is 28.4 Å². The van der Waals surface area contributed by atoms with Crippen LogP contribution in [0.4, 0.5) is 0 Å². The van der Waals surface area contributed by atoms with Gasteiger partial charge in [0.1, 0.15) is 23.9 Å². The number of methoxy groups -OCH3 is 1. The number of aromatic amines is 1. The number of benzene rings is 2. The number of rotatable bonds is 13. The number of nitrogens with one attached hydrogen (secondary N) is 1. The number of aromatic nitrogens is 2. The second-order valence-corrected chi connectivity index (χ2v) is 7.15. The van der Waals surface area contributed by atoms with Crippen LogP contribution in [0.3, 0.4) is 0 Å². The van der Waals surface area contributed by atoms with Crippen molar-refractivity contribution in [1.82, 2.24) is 9.97 Å². The van der Waals surface area contributed by atoms with Gasteiger partial charge in [-0.1, -0.05) is 23.7 Å². The van der Waals surface area contributed by atoms with Gasteiger partial charge >= 0.3 is 5.97 Å². The summed E-state index contributed by atoms with van der Waals surface area (Å²) in [7, 11) is 1.63. The van der Waals surface area contributed by atoms with E-state index in [0.29, 0.717) is 67.5 Å². The van der Waals surface area contributed by atoms with Crippen LogP contribution in [0.1, 0.15) is 10.5 Å². The molecule has 9 heteroatoms. The van der Waals surface area contributed by atoms with Gasteiger partial charge in [0.05, 0.1) is 33.0 Å². The molecule has 0 radical (unpaired) electrons. The number of H-pyrrole nitrogens is 1. The van der Waals surface area contributed by atoms with E-state index in [4.69, 9.17) is 30.5 Å². The molecule has 0 amide bonds. The highest BCUT2D eigenvalue weighted by Crippen LogP contribution is 2.28. The smallest absolute Gasteiger partial charge is 0.354 e. The molecule has 0 saturated heterocycles. The van der Waals surface area contributed by atoms with Crippen LogP contribution in [-0.4, -0.2) is 67.8 Å². The van der Waals surface area contributed by atoms with Crippen LogP contribution in [0, 0.1) is 0 Å². The average Bonchev–Trinajstić information content (AvgIpc) is 3.25. The second-order valence-electron chi connectivity index (χ2n) is 6.71. The minimum atomic E-state index is -1.09. The van der Waals surface area contributed by atoms with Crippen molar-refractivity contribution >= 4 is 17.6 Å². The fourth-order valence-corrected chi connectivity index (χ4v) is 3.00. The number of halogens is 1. The highest BCUT2D eigenvalue weighted by Gasteiger charge is 2.18. The van der Waals surface area contributed by atoms with Gasteiger partial charge in [0, 0.05) is 23.3 Å². The normalized spacial score (nSPS) is 10.9. The molecule has 2 aromatic carbocycles. The van der Waals surface area contributed by atoms with Gasteiger partial charge in [-0.2, -0.15) is 0 Å². The first-order chi connectivity index (χ1) is 15.6. The molecule has 0 bridgehead atoms.